The zero-order valence-corrected chi connectivity index (χ0v) is 15.5. The SMILES string of the molecule is CC(C)C[C@@H](C(=O)N[C@@H](CS)C(=O)O)N(C)C(=O)OC(C)(C)C. The van der Waals surface area contributed by atoms with Crippen LogP contribution in [0.1, 0.15) is 41.0 Å². The van der Waals surface area contributed by atoms with Gasteiger partial charge in [0.05, 0.1) is 0 Å². The Morgan fingerprint density at radius 1 is 1.26 bits per heavy atom. The summed E-state index contributed by atoms with van der Waals surface area (Å²) >= 11 is 3.92. The lowest BCUT2D eigenvalue weighted by atomic mass is 10.0. The van der Waals surface area contributed by atoms with Crippen LogP contribution in [0.2, 0.25) is 0 Å². The molecule has 0 saturated heterocycles. The van der Waals surface area contributed by atoms with Crippen molar-refractivity contribution >= 4 is 30.6 Å². The Balaban J connectivity index is 5.15. The number of nitrogens with one attached hydrogen (secondary N) is 1. The van der Waals surface area contributed by atoms with Crippen LogP contribution < -0.4 is 5.32 Å². The van der Waals surface area contributed by atoms with E-state index in [1.807, 2.05) is 13.8 Å². The van der Waals surface area contributed by atoms with Crippen LogP contribution in [0, 0.1) is 5.92 Å². The molecular formula is C15H28N2O5S. The highest BCUT2D eigenvalue weighted by atomic mass is 32.1. The monoisotopic (exact) mass is 348 g/mol. The number of aliphatic carboxylic acids is 1. The van der Waals surface area contributed by atoms with Gasteiger partial charge in [-0.05, 0) is 33.1 Å². The molecule has 0 bridgehead atoms. The molecule has 0 spiro atoms. The molecule has 2 atom stereocenters. The number of hydrogen-bond donors (Lipinski definition) is 3. The fourth-order valence-electron chi connectivity index (χ4n) is 1.80. The first-order valence-corrected chi connectivity index (χ1v) is 8.12. The molecule has 0 aromatic carbocycles. The highest BCUT2D eigenvalue weighted by molar-refractivity contribution is 7.80. The molecule has 0 aliphatic carbocycles. The third kappa shape index (κ3) is 8.11. The predicted octanol–water partition coefficient (Wildman–Crippen LogP) is 1.77. The summed E-state index contributed by atoms with van der Waals surface area (Å²) in [6.07, 6.45) is -0.239. The molecule has 2 N–H and O–H groups in total. The van der Waals surface area contributed by atoms with Gasteiger partial charge in [0.25, 0.3) is 0 Å². The third-order valence-electron chi connectivity index (χ3n) is 2.94. The van der Waals surface area contributed by atoms with Crippen LogP contribution >= 0.6 is 12.6 Å². The number of amides is 2. The molecule has 8 heteroatoms. The van der Waals surface area contributed by atoms with Gasteiger partial charge in [-0.15, -0.1) is 0 Å². The molecule has 0 aliphatic heterocycles. The minimum absolute atomic E-state index is 0.0361. The minimum Gasteiger partial charge on any atom is -0.480 e. The summed E-state index contributed by atoms with van der Waals surface area (Å²) in [5.41, 5.74) is -0.682. The fourth-order valence-corrected chi connectivity index (χ4v) is 2.05. The lowest BCUT2D eigenvalue weighted by molar-refractivity contribution is -0.141. The third-order valence-corrected chi connectivity index (χ3v) is 3.31. The van der Waals surface area contributed by atoms with Crippen LogP contribution in [-0.2, 0) is 14.3 Å². The predicted molar refractivity (Wildman–Crippen MR) is 90.7 cm³/mol. The molecule has 7 nitrogen and oxygen atoms in total. The van der Waals surface area contributed by atoms with Crippen LogP contribution in [0.3, 0.4) is 0 Å². The maximum atomic E-state index is 12.4. The second-order valence-corrected chi connectivity index (χ2v) is 7.18. The van der Waals surface area contributed by atoms with Gasteiger partial charge in [-0.25, -0.2) is 9.59 Å². The number of carbonyl (C=O) groups excluding carboxylic acids is 2. The van der Waals surface area contributed by atoms with Crippen LogP contribution in [-0.4, -0.2) is 58.5 Å². The highest BCUT2D eigenvalue weighted by Gasteiger charge is 2.32. The van der Waals surface area contributed by atoms with Crippen molar-refractivity contribution < 1.29 is 24.2 Å². The van der Waals surface area contributed by atoms with Crippen LogP contribution in [0.25, 0.3) is 0 Å². The summed E-state index contributed by atoms with van der Waals surface area (Å²) in [6, 6.07) is -1.92. The number of ether oxygens (including phenoxy) is 1. The average Bonchev–Trinajstić information content (AvgIpc) is 2.38. The Hall–Kier alpha value is -1.44. The van der Waals surface area contributed by atoms with E-state index in [-0.39, 0.29) is 11.7 Å². The van der Waals surface area contributed by atoms with Crippen molar-refractivity contribution in [3.8, 4) is 0 Å². The first-order valence-electron chi connectivity index (χ1n) is 7.48. The van der Waals surface area contributed by atoms with Crippen molar-refractivity contribution in [2.45, 2.75) is 58.7 Å². The molecule has 0 unspecified atom stereocenters. The van der Waals surface area contributed by atoms with Gasteiger partial charge in [-0.1, -0.05) is 13.8 Å². The quantitative estimate of drug-likeness (QED) is 0.609. The maximum absolute atomic E-state index is 12.4. The standard InChI is InChI=1S/C15H28N2O5S/c1-9(2)7-11(12(18)16-10(8-23)13(19)20)17(6)14(21)22-15(3,4)5/h9-11,23H,7-8H2,1-6H3,(H,16,18)(H,19,20)/t10-,11-/m0/s1. The lowest BCUT2D eigenvalue weighted by Crippen LogP contribution is -2.53. The van der Waals surface area contributed by atoms with Gasteiger partial charge < -0.3 is 15.2 Å². The highest BCUT2D eigenvalue weighted by Crippen LogP contribution is 2.15. The molecule has 0 aromatic heterocycles. The number of hydrogen-bond acceptors (Lipinski definition) is 5. The molecule has 0 aromatic rings. The molecule has 0 radical (unpaired) electrons. The second-order valence-electron chi connectivity index (χ2n) is 6.82. The Kier molecular flexibility index (Phi) is 8.44. The van der Waals surface area contributed by atoms with Gasteiger partial charge in [0, 0.05) is 12.8 Å². The Bertz CT molecular complexity index is 434. The number of carbonyl (C=O) groups is 3. The van der Waals surface area contributed by atoms with Gasteiger partial charge in [0.2, 0.25) is 5.91 Å². The normalized spacial score (nSPS) is 14.1. The van der Waals surface area contributed by atoms with Gasteiger partial charge >= 0.3 is 12.1 Å². The minimum atomic E-state index is -1.17. The van der Waals surface area contributed by atoms with Crippen molar-refractivity contribution in [1.29, 1.82) is 0 Å². The van der Waals surface area contributed by atoms with Gasteiger partial charge in [-0.3, -0.25) is 9.69 Å². The van der Waals surface area contributed by atoms with E-state index in [4.69, 9.17) is 9.84 Å². The van der Waals surface area contributed by atoms with Crippen LogP contribution in [0.4, 0.5) is 4.79 Å². The molecule has 2 amide bonds. The second kappa shape index (κ2) is 9.00. The number of carboxylic acid groups (broad SMARTS) is 1. The Morgan fingerprint density at radius 2 is 1.78 bits per heavy atom. The zero-order valence-electron chi connectivity index (χ0n) is 14.6. The average molecular weight is 348 g/mol. The number of nitrogens with zero attached hydrogens (tertiary/aromatic N) is 1. The zero-order chi connectivity index (χ0) is 18.4. The van der Waals surface area contributed by atoms with Crippen LogP contribution in [0.5, 0.6) is 0 Å². The number of likely N-dealkylation sites (N-methyl/N-ethyl adjacent to an activating group) is 1. The summed E-state index contributed by atoms with van der Waals surface area (Å²) in [4.78, 5) is 36.8. The lowest BCUT2D eigenvalue weighted by Gasteiger charge is -2.31. The molecule has 0 heterocycles. The van der Waals surface area contributed by atoms with E-state index in [1.165, 1.54) is 11.9 Å². The molecule has 0 rings (SSSR count). The van der Waals surface area contributed by atoms with Crippen molar-refractivity contribution in [3.63, 3.8) is 0 Å². The number of carboxylic acids is 1. The van der Waals surface area contributed by atoms with Crippen LogP contribution in [0.15, 0.2) is 0 Å². The number of rotatable bonds is 7. The summed E-state index contributed by atoms with van der Waals surface area (Å²) in [7, 11) is 1.47. The molecule has 0 fully saturated rings. The Morgan fingerprint density at radius 3 is 2.13 bits per heavy atom. The molecule has 0 aliphatic rings. The Labute approximate surface area is 143 Å². The van der Waals surface area contributed by atoms with E-state index in [1.54, 1.807) is 20.8 Å². The fraction of sp³-hybridized carbons (Fsp3) is 0.800. The molecule has 23 heavy (non-hydrogen) atoms. The van der Waals surface area contributed by atoms with Crippen molar-refractivity contribution in [1.82, 2.24) is 10.2 Å². The molecule has 134 valence electrons. The van der Waals surface area contributed by atoms with E-state index in [9.17, 15) is 14.4 Å². The maximum Gasteiger partial charge on any atom is 0.410 e. The first kappa shape index (κ1) is 21.6. The largest absolute Gasteiger partial charge is 0.480 e. The summed E-state index contributed by atoms with van der Waals surface area (Å²) in [6.45, 7) is 9.03. The summed E-state index contributed by atoms with van der Waals surface area (Å²) in [5, 5.41) is 11.4. The number of thiol groups is 1. The van der Waals surface area contributed by atoms with Crippen molar-refractivity contribution in [2.24, 2.45) is 5.92 Å². The van der Waals surface area contributed by atoms with Crippen molar-refractivity contribution in [2.75, 3.05) is 12.8 Å². The topological polar surface area (TPSA) is 95.9 Å². The summed E-state index contributed by atoms with van der Waals surface area (Å²) < 4.78 is 5.27. The van der Waals surface area contributed by atoms with E-state index < -0.39 is 35.7 Å². The smallest absolute Gasteiger partial charge is 0.410 e. The van der Waals surface area contributed by atoms with E-state index in [2.05, 4.69) is 17.9 Å². The molecule has 0 saturated carbocycles. The summed E-state index contributed by atoms with van der Waals surface area (Å²) in [5.74, 6) is -1.61. The van der Waals surface area contributed by atoms with Gasteiger partial charge in [0.1, 0.15) is 17.7 Å². The van der Waals surface area contributed by atoms with E-state index in [0.29, 0.717) is 6.42 Å². The van der Waals surface area contributed by atoms with Gasteiger partial charge in [0.15, 0.2) is 0 Å². The first-order chi connectivity index (χ1) is 10.4. The van der Waals surface area contributed by atoms with Crippen molar-refractivity contribution in [3.05, 3.63) is 0 Å². The van der Waals surface area contributed by atoms with Gasteiger partial charge in [-0.2, -0.15) is 12.6 Å². The van der Waals surface area contributed by atoms with E-state index >= 15 is 0 Å². The van der Waals surface area contributed by atoms with E-state index in [0.717, 1.165) is 0 Å². The molecular weight excluding hydrogens is 320 g/mol.